The summed E-state index contributed by atoms with van der Waals surface area (Å²) >= 11 is 0. The average Bonchev–Trinajstić information content (AvgIpc) is 3.63. The number of rotatable bonds is 4. The predicted octanol–water partition coefficient (Wildman–Crippen LogP) is 1.99. The smallest absolute Gasteiger partial charge is 0.257 e. The Bertz CT molecular complexity index is 1300. The molecule has 6 rings (SSSR count). The number of carbonyl (C=O) groups is 1. The van der Waals surface area contributed by atoms with Crippen LogP contribution in [0.25, 0.3) is 27.9 Å². The van der Waals surface area contributed by atoms with E-state index in [1.54, 1.807) is 17.8 Å². The third-order valence-corrected chi connectivity index (χ3v) is 6.14. The monoisotopic (exact) mass is 479 g/mol. The summed E-state index contributed by atoms with van der Waals surface area (Å²) in [6.45, 7) is 2.48. The van der Waals surface area contributed by atoms with Crippen molar-refractivity contribution in [3.05, 3.63) is 42.4 Å². The van der Waals surface area contributed by atoms with Crippen molar-refractivity contribution >= 4 is 28.4 Å². The molecule has 4 aromatic heterocycles. The van der Waals surface area contributed by atoms with Crippen molar-refractivity contribution in [2.24, 2.45) is 0 Å². The lowest BCUT2D eigenvalue weighted by molar-refractivity contribution is 0.0887. The van der Waals surface area contributed by atoms with Crippen molar-refractivity contribution in [2.45, 2.75) is 31.4 Å². The fraction of sp³-hybridized carbons (Fsp3) is 0.417. The van der Waals surface area contributed by atoms with E-state index >= 15 is 0 Å². The second-order valence-corrected chi connectivity index (χ2v) is 8.53. The molecule has 0 saturated carbocycles. The molecule has 35 heavy (non-hydrogen) atoms. The lowest BCUT2D eigenvalue weighted by Crippen LogP contribution is -2.42. The summed E-state index contributed by atoms with van der Waals surface area (Å²) in [4.78, 5) is 25.0. The van der Waals surface area contributed by atoms with Gasteiger partial charge in [0.25, 0.3) is 5.91 Å². The van der Waals surface area contributed by atoms with Crippen LogP contribution in [0.3, 0.4) is 0 Å². The van der Waals surface area contributed by atoms with Crippen molar-refractivity contribution in [3.8, 4) is 11.3 Å². The molecule has 4 N–H and O–H groups in total. The number of fused-ring (bicyclic) bond motifs is 2. The van der Waals surface area contributed by atoms with Crippen molar-refractivity contribution < 1.29 is 19.4 Å². The minimum Gasteiger partial charge on any atom is -0.388 e. The molecule has 184 valence electrons. The van der Waals surface area contributed by atoms with Gasteiger partial charge in [-0.2, -0.15) is 9.61 Å². The number of H-pyrrole nitrogens is 1. The molecule has 0 spiro atoms. The Morgan fingerprint density at radius 3 is 2.77 bits per heavy atom. The fourth-order valence-corrected chi connectivity index (χ4v) is 4.22. The van der Waals surface area contributed by atoms with Gasteiger partial charge in [0.1, 0.15) is 17.0 Å². The summed E-state index contributed by atoms with van der Waals surface area (Å²) in [6.07, 6.45) is 8.24. The van der Waals surface area contributed by atoms with E-state index in [1.807, 2.05) is 24.4 Å². The number of aliphatic hydroxyl groups is 1. The van der Waals surface area contributed by atoms with Crippen molar-refractivity contribution in [2.75, 3.05) is 38.8 Å². The van der Waals surface area contributed by atoms with Gasteiger partial charge in [-0.3, -0.25) is 4.79 Å². The summed E-state index contributed by atoms with van der Waals surface area (Å²) in [7, 11) is 1.78. The molecule has 0 bridgehead atoms. The maximum atomic E-state index is 12.8. The highest BCUT2D eigenvalue weighted by Crippen LogP contribution is 2.29. The minimum atomic E-state index is -0.726. The molecule has 2 aliphatic rings. The number of amides is 1. The molecule has 2 fully saturated rings. The number of aromatic nitrogens is 5. The molecule has 0 radical (unpaired) electrons. The van der Waals surface area contributed by atoms with Crippen molar-refractivity contribution in [1.82, 2.24) is 29.9 Å². The third-order valence-electron chi connectivity index (χ3n) is 6.14. The van der Waals surface area contributed by atoms with Gasteiger partial charge in [-0.05, 0) is 31.4 Å². The van der Waals surface area contributed by atoms with Gasteiger partial charge in [0, 0.05) is 49.7 Å². The van der Waals surface area contributed by atoms with Crippen LogP contribution in [0.15, 0.2) is 36.8 Å². The number of pyridine rings is 1. The van der Waals surface area contributed by atoms with Crippen LogP contribution in [0.1, 0.15) is 29.6 Å². The third kappa shape index (κ3) is 4.83. The zero-order valence-corrected chi connectivity index (χ0v) is 19.5. The fourth-order valence-electron chi connectivity index (χ4n) is 4.22. The van der Waals surface area contributed by atoms with E-state index in [0.29, 0.717) is 22.7 Å². The maximum absolute atomic E-state index is 12.8. The summed E-state index contributed by atoms with van der Waals surface area (Å²) in [6, 6.07) is 5.24. The molecule has 2 saturated heterocycles. The quantitative estimate of drug-likeness (QED) is 0.349. The van der Waals surface area contributed by atoms with Crippen LogP contribution in [0, 0.1) is 0 Å². The molecule has 2 atom stereocenters. The number of carbonyl (C=O) groups excluding carboxylic acids is 1. The molecule has 2 aliphatic heterocycles. The number of ether oxygens (including phenoxy) is 2. The number of nitrogens with zero attached hydrogens (tertiary/aromatic N) is 4. The van der Waals surface area contributed by atoms with Gasteiger partial charge in [-0.1, -0.05) is 0 Å². The first-order valence-corrected chi connectivity index (χ1v) is 11.8. The van der Waals surface area contributed by atoms with E-state index < -0.39 is 12.1 Å². The number of hydrogen-bond acceptors (Lipinski definition) is 8. The topological polar surface area (TPSA) is 139 Å². The summed E-state index contributed by atoms with van der Waals surface area (Å²) in [5, 5.41) is 21.0. The first-order valence-electron chi connectivity index (χ1n) is 11.8. The Balaban J connectivity index is 0.000000371. The van der Waals surface area contributed by atoms with E-state index in [-0.39, 0.29) is 19.1 Å². The highest BCUT2D eigenvalue weighted by Gasteiger charge is 2.29. The van der Waals surface area contributed by atoms with Crippen LogP contribution in [0.2, 0.25) is 0 Å². The van der Waals surface area contributed by atoms with Gasteiger partial charge in [0.05, 0.1) is 37.3 Å². The first-order chi connectivity index (χ1) is 17.2. The van der Waals surface area contributed by atoms with Crippen molar-refractivity contribution in [3.63, 3.8) is 0 Å². The molecule has 11 nitrogen and oxygen atoms in total. The molecular formula is C24H29N7O4. The van der Waals surface area contributed by atoms with E-state index in [2.05, 4.69) is 25.7 Å². The van der Waals surface area contributed by atoms with Gasteiger partial charge < -0.3 is 30.2 Å². The van der Waals surface area contributed by atoms with E-state index in [9.17, 15) is 9.90 Å². The highest BCUT2D eigenvalue weighted by molar-refractivity contribution is 6.01. The molecular weight excluding hydrogens is 450 g/mol. The Hall–Kier alpha value is -3.54. The molecule has 6 heterocycles. The van der Waals surface area contributed by atoms with Crippen LogP contribution in [-0.4, -0.2) is 81.2 Å². The van der Waals surface area contributed by atoms with Crippen LogP contribution in [0.4, 0.5) is 5.82 Å². The second-order valence-electron chi connectivity index (χ2n) is 8.53. The van der Waals surface area contributed by atoms with Crippen LogP contribution >= 0.6 is 0 Å². The zero-order valence-electron chi connectivity index (χ0n) is 19.5. The first kappa shape index (κ1) is 23.2. The molecule has 1 amide bonds. The standard InChI is InChI=1S/C19H19N7O3.C5H10O/c1-20-16-5-13(11-6-22-17-10(11)3-2-4-21-17)24-18-12(7-23-26(16)18)19(28)25-14-8-29-9-15(14)27;1-2-4-6-5-3-1/h2-7,14-15,20,27H,8-9H2,1H3,(H,21,22)(H,25,28);1-5H2/t14-,15?;/m0./s1. The summed E-state index contributed by atoms with van der Waals surface area (Å²) in [5.41, 5.74) is 3.05. The predicted molar refractivity (Wildman–Crippen MR) is 130 cm³/mol. The Kier molecular flexibility index (Phi) is 6.89. The Labute approximate surface area is 201 Å². The number of aliphatic hydroxyl groups excluding tert-OH is 1. The number of anilines is 1. The molecule has 0 aliphatic carbocycles. The number of hydrogen-bond donors (Lipinski definition) is 4. The van der Waals surface area contributed by atoms with Gasteiger partial charge in [0.15, 0.2) is 5.65 Å². The Morgan fingerprint density at radius 1 is 1.23 bits per heavy atom. The maximum Gasteiger partial charge on any atom is 0.257 e. The van der Waals surface area contributed by atoms with E-state index in [1.165, 1.54) is 25.5 Å². The molecule has 1 unspecified atom stereocenters. The van der Waals surface area contributed by atoms with Crippen molar-refractivity contribution in [1.29, 1.82) is 0 Å². The van der Waals surface area contributed by atoms with E-state index in [4.69, 9.17) is 14.5 Å². The van der Waals surface area contributed by atoms with Crippen LogP contribution < -0.4 is 10.6 Å². The zero-order chi connectivity index (χ0) is 24.2. The summed E-state index contributed by atoms with van der Waals surface area (Å²) < 4.78 is 11.8. The van der Waals surface area contributed by atoms with E-state index in [0.717, 1.165) is 29.8 Å². The van der Waals surface area contributed by atoms with Gasteiger partial charge in [-0.25, -0.2) is 9.97 Å². The van der Waals surface area contributed by atoms with Gasteiger partial charge in [-0.15, -0.1) is 0 Å². The molecule has 11 heteroatoms. The van der Waals surface area contributed by atoms with Crippen LogP contribution in [-0.2, 0) is 9.47 Å². The lowest BCUT2D eigenvalue weighted by atomic mass is 10.1. The highest BCUT2D eigenvalue weighted by atomic mass is 16.5. The Morgan fingerprint density at radius 2 is 2.09 bits per heavy atom. The molecule has 4 aromatic rings. The lowest BCUT2D eigenvalue weighted by Gasteiger charge is -2.14. The average molecular weight is 480 g/mol. The normalized spacial score (nSPS) is 19.9. The second kappa shape index (κ2) is 10.4. The number of aromatic amines is 1. The van der Waals surface area contributed by atoms with Gasteiger partial charge in [0.2, 0.25) is 0 Å². The SMILES string of the molecule is C1CCOCC1.CNc1cc(-c2c[nH]c3ncccc23)nc2c(C(=O)N[C@H]3COCC3O)cnn12. The van der Waals surface area contributed by atoms with Gasteiger partial charge >= 0.3 is 0 Å². The largest absolute Gasteiger partial charge is 0.388 e. The summed E-state index contributed by atoms with van der Waals surface area (Å²) in [5.74, 6) is 0.327. The van der Waals surface area contributed by atoms with Crippen LogP contribution in [0.5, 0.6) is 0 Å². The number of nitrogens with one attached hydrogen (secondary N) is 3. The molecule has 0 aromatic carbocycles. The minimum absolute atomic E-state index is 0.209.